The molecule has 0 radical (unpaired) electrons. The minimum absolute atomic E-state index is 0.395. The molecule has 2 fully saturated rings. The predicted octanol–water partition coefficient (Wildman–Crippen LogP) is 1.96. The first-order valence-electron chi connectivity index (χ1n) is 7.67. The summed E-state index contributed by atoms with van der Waals surface area (Å²) in [6, 6.07) is 0. The lowest BCUT2D eigenvalue weighted by Crippen LogP contribution is -2.46. The molecule has 0 aromatic heterocycles. The molecule has 1 N–H and O–H groups in total. The molecule has 0 aromatic carbocycles. The second-order valence-corrected chi connectivity index (χ2v) is 6.75. The standard InChI is InChI=1S/C15H30N2O/c1-16-10-6-7-14(11-16)12-17(2)13-15(18)8-4-3-5-9-15/h14,18H,3-13H2,1-2H3. The van der Waals surface area contributed by atoms with E-state index >= 15 is 0 Å². The normalized spacial score (nSPS) is 29.7. The van der Waals surface area contributed by atoms with Gasteiger partial charge in [0.2, 0.25) is 0 Å². The van der Waals surface area contributed by atoms with Crippen molar-refractivity contribution in [2.45, 2.75) is 50.5 Å². The molecule has 3 nitrogen and oxygen atoms in total. The molecule has 0 spiro atoms. The molecule has 2 aliphatic rings. The van der Waals surface area contributed by atoms with Gasteiger partial charge in [-0.25, -0.2) is 0 Å². The molecule has 106 valence electrons. The van der Waals surface area contributed by atoms with Gasteiger partial charge >= 0.3 is 0 Å². The Morgan fingerprint density at radius 2 is 1.94 bits per heavy atom. The molecule has 0 amide bonds. The highest BCUT2D eigenvalue weighted by molar-refractivity contribution is 4.85. The van der Waals surface area contributed by atoms with E-state index in [0.29, 0.717) is 0 Å². The maximum atomic E-state index is 10.6. The molecule has 1 atom stereocenters. The highest BCUT2D eigenvalue weighted by Crippen LogP contribution is 2.29. The van der Waals surface area contributed by atoms with Gasteiger partial charge in [-0.1, -0.05) is 19.3 Å². The van der Waals surface area contributed by atoms with Crippen LogP contribution < -0.4 is 0 Å². The number of hydrogen-bond acceptors (Lipinski definition) is 3. The van der Waals surface area contributed by atoms with Crippen LogP contribution in [-0.4, -0.2) is 60.8 Å². The minimum atomic E-state index is -0.395. The van der Waals surface area contributed by atoms with Crippen LogP contribution in [0.5, 0.6) is 0 Å². The third-order valence-corrected chi connectivity index (χ3v) is 4.64. The van der Waals surface area contributed by atoms with Gasteiger partial charge in [0.05, 0.1) is 5.60 Å². The number of piperidine rings is 1. The van der Waals surface area contributed by atoms with E-state index in [9.17, 15) is 5.11 Å². The fourth-order valence-corrected chi connectivity index (χ4v) is 3.80. The van der Waals surface area contributed by atoms with E-state index in [-0.39, 0.29) is 0 Å². The number of likely N-dealkylation sites (tertiary alicyclic amines) is 1. The zero-order valence-electron chi connectivity index (χ0n) is 12.2. The summed E-state index contributed by atoms with van der Waals surface area (Å²) in [5.41, 5.74) is -0.395. The topological polar surface area (TPSA) is 26.7 Å². The first-order chi connectivity index (χ1) is 8.57. The highest BCUT2D eigenvalue weighted by Gasteiger charge is 2.31. The van der Waals surface area contributed by atoms with Crippen molar-refractivity contribution in [2.24, 2.45) is 5.92 Å². The van der Waals surface area contributed by atoms with Crippen molar-refractivity contribution in [3.8, 4) is 0 Å². The summed E-state index contributed by atoms with van der Waals surface area (Å²) in [6.45, 7) is 4.49. The van der Waals surface area contributed by atoms with Crippen LogP contribution in [0.2, 0.25) is 0 Å². The van der Waals surface area contributed by atoms with Crippen molar-refractivity contribution in [3.05, 3.63) is 0 Å². The van der Waals surface area contributed by atoms with E-state index in [2.05, 4.69) is 23.9 Å². The van der Waals surface area contributed by atoms with Gasteiger partial charge in [-0.05, 0) is 52.2 Å². The number of rotatable bonds is 4. The molecule has 1 unspecified atom stereocenters. The summed E-state index contributed by atoms with van der Waals surface area (Å²) < 4.78 is 0. The van der Waals surface area contributed by atoms with Crippen LogP contribution in [0.15, 0.2) is 0 Å². The SMILES string of the molecule is CN1CCCC(CN(C)CC2(O)CCCCC2)C1. The monoisotopic (exact) mass is 254 g/mol. The molecule has 1 aliphatic heterocycles. The fraction of sp³-hybridized carbons (Fsp3) is 1.00. The minimum Gasteiger partial charge on any atom is -0.389 e. The Hall–Kier alpha value is -0.120. The van der Waals surface area contributed by atoms with Gasteiger partial charge in [-0.15, -0.1) is 0 Å². The lowest BCUT2D eigenvalue weighted by molar-refractivity contribution is -0.0250. The van der Waals surface area contributed by atoms with Crippen LogP contribution >= 0.6 is 0 Å². The summed E-state index contributed by atoms with van der Waals surface area (Å²) in [5, 5.41) is 10.6. The van der Waals surface area contributed by atoms with Crippen LogP contribution in [0.1, 0.15) is 44.9 Å². The van der Waals surface area contributed by atoms with Gasteiger partial charge in [0.25, 0.3) is 0 Å². The molecular formula is C15H30N2O. The summed E-state index contributed by atoms with van der Waals surface area (Å²) in [7, 11) is 4.40. The largest absolute Gasteiger partial charge is 0.389 e. The molecule has 1 saturated heterocycles. The predicted molar refractivity (Wildman–Crippen MR) is 75.8 cm³/mol. The maximum Gasteiger partial charge on any atom is 0.0774 e. The van der Waals surface area contributed by atoms with Crippen molar-refractivity contribution in [1.82, 2.24) is 9.80 Å². The third-order valence-electron chi connectivity index (χ3n) is 4.64. The van der Waals surface area contributed by atoms with Crippen LogP contribution in [0.3, 0.4) is 0 Å². The van der Waals surface area contributed by atoms with Gasteiger partial charge in [-0.3, -0.25) is 0 Å². The lowest BCUT2D eigenvalue weighted by atomic mass is 9.84. The summed E-state index contributed by atoms with van der Waals surface area (Å²) >= 11 is 0. The summed E-state index contributed by atoms with van der Waals surface area (Å²) in [4.78, 5) is 4.81. The molecule has 3 heteroatoms. The molecule has 1 saturated carbocycles. The lowest BCUT2D eigenvalue weighted by Gasteiger charge is -2.38. The Kier molecular flexibility index (Phi) is 5.05. The van der Waals surface area contributed by atoms with E-state index in [0.717, 1.165) is 31.8 Å². The van der Waals surface area contributed by atoms with Gasteiger partial charge in [0.1, 0.15) is 0 Å². The number of hydrogen-bond donors (Lipinski definition) is 1. The summed E-state index contributed by atoms with van der Waals surface area (Å²) in [6.07, 6.45) is 8.41. The van der Waals surface area contributed by atoms with Crippen LogP contribution in [0.4, 0.5) is 0 Å². The first-order valence-corrected chi connectivity index (χ1v) is 7.67. The second-order valence-electron chi connectivity index (χ2n) is 6.75. The molecule has 0 aromatic rings. The second kappa shape index (κ2) is 6.36. The average molecular weight is 254 g/mol. The number of nitrogens with zero attached hydrogens (tertiary/aromatic N) is 2. The Balaban J connectivity index is 1.75. The first kappa shape index (κ1) is 14.3. The van der Waals surface area contributed by atoms with Gasteiger partial charge in [-0.2, -0.15) is 0 Å². The number of aliphatic hydroxyl groups is 1. The van der Waals surface area contributed by atoms with E-state index in [1.54, 1.807) is 0 Å². The maximum absolute atomic E-state index is 10.6. The molecule has 0 bridgehead atoms. The average Bonchev–Trinajstić information content (AvgIpc) is 2.28. The molecule has 2 rings (SSSR count). The number of likely N-dealkylation sites (N-methyl/N-ethyl adjacent to an activating group) is 1. The fourth-order valence-electron chi connectivity index (χ4n) is 3.80. The summed E-state index contributed by atoms with van der Waals surface area (Å²) in [5.74, 6) is 0.793. The zero-order chi connectivity index (χ0) is 13.0. The Bertz CT molecular complexity index is 251. The highest BCUT2D eigenvalue weighted by atomic mass is 16.3. The Morgan fingerprint density at radius 1 is 1.22 bits per heavy atom. The van der Waals surface area contributed by atoms with E-state index in [1.165, 1.54) is 45.2 Å². The molecule has 1 aliphatic carbocycles. The smallest absolute Gasteiger partial charge is 0.0774 e. The molecule has 1 heterocycles. The Morgan fingerprint density at radius 3 is 2.61 bits per heavy atom. The van der Waals surface area contributed by atoms with Crippen molar-refractivity contribution in [1.29, 1.82) is 0 Å². The van der Waals surface area contributed by atoms with Crippen molar-refractivity contribution >= 4 is 0 Å². The molecular weight excluding hydrogens is 224 g/mol. The van der Waals surface area contributed by atoms with E-state index in [1.807, 2.05) is 0 Å². The van der Waals surface area contributed by atoms with E-state index in [4.69, 9.17) is 0 Å². The van der Waals surface area contributed by atoms with Gasteiger partial charge in [0, 0.05) is 19.6 Å². The quantitative estimate of drug-likeness (QED) is 0.831. The molecule has 18 heavy (non-hydrogen) atoms. The third kappa shape index (κ3) is 4.22. The van der Waals surface area contributed by atoms with E-state index < -0.39 is 5.60 Å². The van der Waals surface area contributed by atoms with Crippen LogP contribution in [0.25, 0.3) is 0 Å². The Labute approximate surface area is 112 Å². The van der Waals surface area contributed by atoms with Crippen LogP contribution in [-0.2, 0) is 0 Å². The van der Waals surface area contributed by atoms with Crippen molar-refractivity contribution < 1.29 is 5.11 Å². The zero-order valence-corrected chi connectivity index (χ0v) is 12.2. The van der Waals surface area contributed by atoms with Crippen molar-refractivity contribution in [3.63, 3.8) is 0 Å². The van der Waals surface area contributed by atoms with Gasteiger partial charge in [0.15, 0.2) is 0 Å². The van der Waals surface area contributed by atoms with Gasteiger partial charge < -0.3 is 14.9 Å². The van der Waals surface area contributed by atoms with Crippen molar-refractivity contribution in [2.75, 3.05) is 40.3 Å². The van der Waals surface area contributed by atoms with Crippen LogP contribution in [0, 0.1) is 5.92 Å².